The second-order valence-electron chi connectivity index (χ2n) is 5.25. The van der Waals surface area contributed by atoms with E-state index in [4.69, 9.17) is 0 Å². The first-order valence-corrected chi connectivity index (χ1v) is 5.91. The van der Waals surface area contributed by atoms with Gasteiger partial charge in [0.05, 0.1) is 0 Å². The summed E-state index contributed by atoms with van der Waals surface area (Å²) in [7, 11) is 0. The van der Waals surface area contributed by atoms with Crippen LogP contribution in [0.2, 0.25) is 0 Å². The standard InChI is InChI=1S/C14H22FN/c1-11(2)16-9-8-14(3,4)12-6-5-7-13(15)10-12/h5-7,10-11,16H,8-9H2,1-4H3. The van der Waals surface area contributed by atoms with Crippen LogP contribution in [0.1, 0.15) is 39.7 Å². The fraction of sp³-hybridized carbons (Fsp3) is 0.571. The van der Waals surface area contributed by atoms with Crippen molar-refractivity contribution in [1.29, 1.82) is 0 Å². The molecule has 0 radical (unpaired) electrons. The molecule has 0 amide bonds. The quantitative estimate of drug-likeness (QED) is 0.805. The largest absolute Gasteiger partial charge is 0.315 e. The van der Waals surface area contributed by atoms with Crippen LogP contribution in [0.3, 0.4) is 0 Å². The molecule has 1 aromatic carbocycles. The molecule has 16 heavy (non-hydrogen) atoms. The molecule has 1 aromatic rings. The Bertz CT molecular complexity index is 331. The van der Waals surface area contributed by atoms with Gasteiger partial charge >= 0.3 is 0 Å². The van der Waals surface area contributed by atoms with Gasteiger partial charge in [-0.3, -0.25) is 0 Å². The first kappa shape index (κ1) is 13.2. The normalized spacial score (nSPS) is 12.1. The van der Waals surface area contributed by atoms with E-state index in [2.05, 4.69) is 33.0 Å². The molecule has 0 saturated carbocycles. The fourth-order valence-corrected chi connectivity index (χ4v) is 1.73. The van der Waals surface area contributed by atoms with Gasteiger partial charge in [-0.1, -0.05) is 39.8 Å². The predicted molar refractivity (Wildman–Crippen MR) is 67.2 cm³/mol. The highest BCUT2D eigenvalue weighted by Crippen LogP contribution is 2.26. The van der Waals surface area contributed by atoms with Gasteiger partial charge in [0.2, 0.25) is 0 Å². The fourth-order valence-electron chi connectivity index (χ4n) is 1.73. The van der Waals surface area contributed by atoms with Crippen molar-refractivity contribution < 1.29 is 4.39 Å². The Balaban J connectivity index is 2.62. The molecule has 90 valence electrons. The van der Waals surface area contributed by atoms with E-state index in [0.717, 1.165) is 18.5 Å². The molecule has 0 aromatic heterocycles. The van der Waals surface area contributed by atoms with Crippen LogP contribution in [-0.4, -0.2) is 12.6 Å². The summed E-state index contributed by atoms with van der Waals surface area (Å²) in [4.78, 5) is 0. The Morgan fingerprint density at radius 2 is 2.00 bits per heavy atom. The number of halogens is 1. The molecule has 1 rings (SSSR count). The van der Waals surface area contributed by atoms with Crippen LogP contribution >= 0.6 is 0 Å². The monoisotopic (exact) mass is 223 g/mol. The summed E-state index contributed by atoms with van der Waals surface area (Å²) in [6.07, 6.45) is 1.01. The van der Waals surface area contributed by atoms with E-state index in [9.17, 15) is 4.39 Å². The van der Waals surface area contributed by atoms with Crippen LogP contribution in [0, 0.1) is 5.82 Å². The molecule has 0 aliphatic rings. The van der Waals surface area contributed by atoms with Crippen molar-refractivity contribution in [3.05, 3.63) is 35.6 Å². The average molecular weight is 223 g/mol. The summed E-state index contributed by atoms with van der Waals surface area (Å²) in [6.45, 7) is 9.54. The Morgan fingerprint density at radius 1 is 1.31 bits per heavy atom. The van der Waals surface area contributed by atoms with Gasteiger partial charge in [-0.2, -0.15) is 0 Å². The van der Waals surface area contributed by atoms with Crippen LogP contribution in [0.25, 0.3) is 0 Å². The molecule has 0 bridgehead atoms. The topological polar surface area (TPSA) is 12.0 Å². The molecule has 0 spiro atoms. The molecule has 1 nitrogen and oxygen atoms in total. The summed E-state index contributed by atoms with van der Waals surface area (Å²) in [5.74, 6) is -0.151. The zero-order chi connectivity index (χ0) is 12.2. The molecule has 0 aliphatic heterocycles. The second kappa shape index (κ2) is 5.44. The first-order valence-electron chi connectivity index (χ1n) is 5.91. The Morgan fingerprint density at radius 3 is 2.56 bits per heavy atom. The Kier molecular flexibility index (Phi) is 4.48. The van der Waals surface area contributed by atoms with Crippen LogP contribution in [0.4, 0.5) is 4.39 Å². The molecule has 0 fully saturated rings. The Hall–Kier alpha value is -0.890. The summed E-state index contributed by atoms with van der Waals surface area (Å²) >= 11 is 0. The lowest BCUT2D eigenvalue weighted by molar-refractivity contribution is 0.439. The lowest BCUT2D eigenvalue weighted by Crippen LogP contribution is -2.29. The van der Waals surface area contributed by atoms with Crippen LogP contribution in [-0.2, 0) is 5.41 Å². The van der Waals surface area contributed by atoms with Gasteiger partial charge < -0.3 is 5.32 Å². The smallest absolute Gasteiger partial charge is 0.123 e. The molecular formula is C14H22FN. The summed E-state index contributed by atoms with van der Waals surface area (Å²) in [6, 6.07) is 7.41. The van der Waals surface area contributed by atoms with Gasteiger partial charge in [0.25, 0.3) is 0 Å². The second-order valence-corrected chi connectivity index (χ2v) is 5.25. The van der Waals surface area contributed by atoms with Gasteiger partial charge in [0, 0.05) is 6.04 Å². The highest BCUT2D eigenvalue weighted by Gasteiger charge is 2.20. The van der Waals surface area contributed by atoms with Gasteiger partial charge in [-0.05, 0) is 36.1 Å². The van der Waals surface area contributed by atoms with E-state index >= 15 is 0 Å². The number of benzene rings is 1. The van der Waals surface area contributed by atoms with Gasteiger partial charge in [-0.15, -0.1) is 0 Å². The van der Waals surface area contributed by atoms with Crippen LogP contribution in [0.15, 0.2) is 24.3 Å². The SMILES string of the molecule is CC(C)NCCC(C)(C)c1cccc(F)c1. The van der Waals surface area contributed by atoms with E-state index in [1.807, 2.05) is 6.07 Å². The lowest BCUT2D eigenvalue weighted by atomic mass is 9.81. The number of rotatable bonds is 5. The van der Waals surface area contributed by atoms with E-state index < -0.39 is 0 Å². The maximum absolute atomic E-state index is 13.1. The highest BCUT2D eigenvalue weighted by atomic mass is 19.1. The molecule has 1 N–H and O–H groups in total. The number of hydrogen-bond acceptors (Lipinski definition) is 1. The number of nitrogens with one attached hydrogen (secondary N) is 1. The van der Waals surface area contributed by atoms with Crippen molar-refractivity contribution in [2.45, 2.75) is 45.6 Å². The third-order valence-electron chi connectivity index (χ3n) is 2.91. The Labute approximate surface area is 98.1 Å². The summed E-state index contributed by atoms with van der Waals surface area (Å²) < 4.78 is 13.1. The first-order chi connectivity index (χ1) is 7.42. The van der Waals surface area contributed by atoms with Crippen LogP contribution < -0.4 is 5.32 Å². The third-order valence-corrected chi connectivity index (χ3v) is 2.91. The highest BCUT2D eigenvalue weighted by molar-refractivity contribution is 5.24. The van der Waals surface area contributed by atoms with Crippen molar-refractivity contribution >= 4 is 0 Å². The molecule has 0 atom stereocenters. The summed E-state index contributed by atoms with van der Waals surface area (Å²) in [5, 5.41) is 3.39. The zero-order valence-corrected chi connectivity index (χ0v) is 10.7. The van der Waals surface area contributed by atoms with E-state index in [1.54, 1.807) is 12.1 Å². The van der Waals surface area contributed by atoms with Crippen molar-refractivity contribution in [2.75, 3.05) is 6.54 Å². The molecule has 0 aliphatic carbocycles. The van der Waals surface area contributed by atoms with E-state index in [-0.39, 0.29) is 11.2 Å². The number of hydrogen-bond donors (Lipinski definition) is 1. The minimum Gasteiger partial charge on any atom is -0.315 e. The lowest BCUT2D eigenvalue weighted by Gasteiger charge is -2.26. The molecule has 0 unspecified atom stereocenters. The van der Waals surface area contributed by atoms with Crippen molar-refractivity contribution in [3.8, 4) is 0 Å². The maximum Gasteiger partial charge on any atom is 0.123 e. The molecule has 2 heteroatoms. The van der Waals surface area contributed by atoms with Gasteiger partial charge in [-0.25, -0.2) is 4.39 Å². The van der Waals surface area contributed by atoms with E-state index in [0.29, 0.717) is 6.04 Å². The maximum atomic E-state index is 13.1. The zero-order valence-electron chi connectivity index (χ0n) is 10.7. The summed E-state index contributed by atoms with van der Waals surface area (Å²) in [5.41, 5.74) is 1.09. The van der Waals surface area contributed by atoms with Crippen molar-refractivity contribution in [3.63, 3.8) is 0 Å². The molecule has 0 saturated heterocycles. The van der Waals surface area contributed by atoms with Crippen LogP contribution in [0.5, 0.6) is 0 Å². The predicted octanol–water partition coefficient (Wildman–Crippen LogP) is 3.49. The third kappa shape index (κ3) is 3.93. The minimum atomic E-state index is -0.151. The molecule has 0 heterocycles. The average Bonchev–Trinajstić information content (AvgIpc) is 2.16. The van der Waals surface area contributed by atoms with Crippen molar-refractivity contribution in [1.82, 2.24) is 5.32 Å². The van der Waals surface area contributed by atoms with Crippen molar-refractivity contribution in [2.24, 2.45) is 0 Å². The minimum absolute atomic E-state index is 0.0178. The van der Waals surface area contributed by atoms with Gasteiger partial charge in [0.1, 0.15) is 5.82 Å². The van der Waals surface area contributed by atoms with Gasteiger partial charge in [0.15, 0.2) is 0 Å². The molecular weight excluding hydrogens is 201 g/mol. The van der Waals surface area contributed by atoms with E-state index in [1.165, 1.54) is 6.07 Å².